The Bertz CT molecular complexity index is 815. The largest absolute Gasteiger partial charge is 0.497 e. The van der Waals surface area contributed by atoms with Crippen molar-refractivity contribution < 1.29 is 33.3 Å². The zero-order chi connectivity index (χ0) is 21.1. The molecule has 2 fully saturated rings. The molecule has 7 nitrogen and oxygen atoms in total. The van der Waals surface area contributed by atoms with Crippen molar-refractivity contribution in [2.75, 3.05) is 20.8 Å². The Balaban J connectivity index is 1.34. The molecule has 1 saturated carbocycles. The summed E-state index contributed by atoms with van der Waals surface area (Å²) in [5.74, 6) is 0.568. The first-order chi connectivity index (χ1) is 14.6. The second kappa shape index (κ2) is 8.75. The van der Waals surface area contributed by atoms with E-state index in [2.05, 4.69) is 0 Å². The molecule has 2 aromatic rings. The second-order valence-electron chi connectivity index (χ2n) is 7.38. The van der Waals surface area contributed by atoms with Gasteiger partial charge in [0.2, 0.25) is 0 Å². The smallest absolute Gasteiger partial charge is 0.338 e. The Morgan fingerprint density at radius 1 is 0.767 bits per heavy atom. The first-order valence-electron chi connectivity index (χ1n) is 9.90. The number of methoxy groups -OCH3 is 2. The molecular weight excluding hydrogens is 388 g/mol. The van der Waals surface area contributed by atoms with Crippen molar-refractivity contribution in [1.82, 2.24) is 0 Å². The number of rotatable bonds is 6. The molecule has 4 rings (SSSR count). The first-order valence-corrected chi connectivity index (χ1v) is 9.90. The minimum absolute atomic E-state index is 0.0147. The quantitative estimate of drug-likeness (QED) is 0.674. The lowest BCUT2D eigenvalue weighted by Gasteiger charge is -2.19. The van der Waals surface area contributed by atoms with Gasteiger partial charge in [-0.2, -0.15) is 0 Å². The zero-order valence-electron chi connectivity index (χ0n) is 16.9. The van der Waals surface area contributed by atoms with Crippen molar-refractivity contribution in [3.05, 3.63) is 59.7 Å². The molecule has 0 radical (unpaired) electrons. The van der Waals surface area contributed by atoms with E-state index in [1.807, 2.05) is 0 Å². The molecule has 0 aromatic heterocycles. The molecule has 1 saturated heterocycles. The zero-order valence-corrected chi connectivity index (χ0v) is 16.9. The molecule has 4 atom stereocenters. The molecule has 1 heterocycles. The van der Waals surface area contributed by atoms with Crippen LogP contribution in [0.3, 0.4) is 0 Å². The highest BCUT2D eigenvalue weighted by Crippen LogP contribution is 2.39. The van der Waals surface area contributed by atoms with E-state index in [1.165, 1.54) is 0 Å². The lowest BCUT2D eigenvalue weighted by Crippen LogP contribution is -2.31. The van der Waals surface area contributed by atoms with Crippen molar-refractivity contribution >= 4 is 11.9 Å². The van der Waals surface area contributed by atoms with E-state index in [0.29, 0.717) is 35.7 Å². The average molecular weight is 412 g/mol. The number of carbonyl (C=O) groups is 2. The molecular formula is C23H24O7. The summed E-state index contributed by atoms with van der Waals surface area (Å²) in [7, 11) is 3.14. The number of ether oxygens (including phenoxy) is 5. The van der Waals surface area contributed by atoms with Crippen LogP contribution in [-0.4, -0.2) is 51.1 Å². The van der Waals surface area contributed by atoms with Crippen LogP contribution in [0, 0.1) is 5.92 Å². The van der Waals surface area contributed by atoms with E-state index in [0.717, 1.165) is 6.42 Å². The molecule has 0 N–H and O–H groups in total. The molecule has 158 valence electrons. The van der Waals surface area contributed by atoms with Crippen LogP contribution in [0.15, 0.2) is 48.5 Å². The van der Waals surface area contributed by atoms with Gasteiger partial charge in [-0.1, -0.05) is 0 Å². The molecule has 2 aromatic carbocycles. The van der Waals surface area contributed by atoms with E-state index in [9.17, 15) is 9.59 Å². The third kappa shape index (κ3) is 4.11. The van der Waals surface area contributed by atoms with Gasteiger partial charge in [0.15, 0.2) is 0 Å². The molecule has 2 unspecified atom stereocenters. The number of esters is 2. The standard InChI is InChI=1S/C23H24O7/c1-26-16-7-3-14(4-8-16)22(24)29-19-12-11-18-20(13-28-21(18)19)30-23(25)15-5-9-17(27-2)10-6-15/h3-10,18-21H,11-13H2,1-2H3/t18-,19?,20?,21+/m1/s1. The van der Waals surface area contributed by atoms with Gasteiger partial charge in [0.1, 0.15) is 29.8 Å². The Labute approximate surface area is 174 Å². The number of benzene rings is 2. The van der Waals surface area contributed by atoms with Crippen molar-refractivity contribution in [2.24, 2.45) is 5.92 Å². The molecule has 1 aliphatic carbocycles. The fourth-order valence-corrected chi connectivity index (χ4v) is 4.03. The topological polar surface area (TPSA) is 80.3 Å². The van der Waals surface area contributed by atoms with Crippen LogP contribution < -0.4 is 9.47 Å². The van der Waals surface area contributed by atoms with Crippen LogP contribution in [0.5, 0.6) is 11.5 Å². The molecule has 0 spiro atoms. The fourth-order valence-electron chi connectivity index (χ4n) is 4.03. The predicted octanol–water partition coefficient (Wildman–Crippen LogP) is 3.26. The first kappa shape index (κ1) is 20.2. The van der Waals surface area contributed by atoms with E-state index in [1.54, 1.807) is 62.8 Å². The maximum absolute atomic E-state index is 12.5. The van der Waals surface area contributed by atoms with Crippen molar-refractivity contribution in [3.8, 4) is 11.5 Å². The van der Waals surface area contributed by atoms with Crippen LogP contribution in [0.2, 0.25) is 0 Å². The lowest BCUT2D eigenvalue weighted by atomic mass is 10.0. The molecule has 0 bridgehead atoms. The summed E-state index contributed by atoms with van der Waals surface area (Å²) in [4.78, 5) is 24.9. The third-order valence-electron chi connectivity index (χ3n) is 5.67. The molecule has 0 amide bonds. The maximum atomic E-state index is 12.5. The summed E-state index contributed by atoms with van der Waals surface area (Å²) >= 11 is 0. The summed E-state index contributed by atoms with van der Waals surface area (Å²) in [6.45, 7) is 0.299. The molecule has 2 aliphatic rings. The van der Waals surface area contributed by atoms with Gasteiger partial charge in [-0.05, 0) is 61.4 Å². The minimum Gasteiger partial charge on any atom is -0.497 e. The number of carbonyl (C=O) groups excluding carboxylic acids is 2. The predicted molar refractivity (Wildman–Crippen MR) is 107 cm³/mol. The summed E-state index contributed by atoms with van der Waals surface area (Å²) in [6.07, 6.45) is 0.476. The number of hydrogen-bond acceptors (Lipinski definition) is 7. The molecule has 30 heavy (non-hydrogen) atoms. The average Bonchev–Trinajstić information content (AvgIpc) is 3.37. The van der Waals surface area contributed by atoms with Crippen LogP contribution >= 0.6 is 0 Å². The summed E-state index contributed by atoms with van der Waals surface area (Å²) < 4.78 is 27.4. The second-order valence-corrected chi connectivity index (χ2v) is 7.38. The van der Waals surface area contributed by atoms with E-state index in [-0.39, 0.29) is 24.2 Å². The summed E-state index contributed by atoms with van der Waals surface area (Å²) in [6, 6.07) is 13.5. The third-order valence-corrected chi connectivity index (χ3v) is 5.67. The molecule has 1 aliphatic heterocycles. The Hall–Kier alpha value is -3.06. The van der Waals surface area contributed by atoms with Crippen LogP contribution in [-0.2, 0) is 14.2 Å². The highest BCUT2D eigenvalue weighted by atomic mass is 16.6. The van der Waals surface area contributed by atoms with Crippen LogP contribution in [0.4, 0.5) is 0 Å². The molecule has 7 heteroatoms. The highest BCUT2D eigenvalue weighted by Gasteiger charge is 2.49. The monoisotopic (exact) mass is 412 g/mol. The SMILES string of the molecule is COc1ccc(C(=O)OC2CO[C@@H]3C(OC(=O)c4ccc(OC)cc4)CC[C@H]23)cc1. The lowest BCUT2D eigenvalue weighted by molar-refractivity contribution is -0.0234. The van der Waals surface area contributed by atoms with Gasteiger partial charge in [0, 0.05) is 5.92 Å². The minimum atomic E-state index is -0.398. The van der Waals surface area contributed by atoms with E-state index < -0.39 is 11.9 Å². The highest BCUT2D eigenvalue weighted by molar-refractivity contribution is 5.90. The van der Waals surface area contributed by atoms with Gasteiger partial charge in [0.05, 0.1) is 32.0 Å². The Morgan fingerprint density at radius 3 is 1.77 bits per heavy atom. The number of hydrogen-bond donors (Lipinski definition) is 0. The van der Waals surface area contributed by atoms with Gasteiger partial charge in [-0.15, -0.1) is 0 Å². The van der Waals surface area contributed by atoms with Crippen molar-refractivity contribution in [3.63, 3.8) is 0 Å². The normalized spacial score (nSPS) is 24.7. The van der Waals surface area contributed by atoms with Gasteiger partial charge >= 0.3 is 11.9 Å². The Kier molecular flexibility index (Phi) is 5.90. The van der Waals surface area contributed by atoms with Crippen LogP contribution in [0.25, 0.3) is 0 Å². The number of fused-ring (bicyclic) bond motifs is 1. The summed E-state index contributed by atoms with van der Waals surface area (Å²) in [5.41, 5.74) is 0.916. The Morgan fingerprint density at radius 2 is 1.27 bits per heavy atom. The van der Waals surface area contributed by atoms with E-state index >= 15 is 0 Å². The maximum Gasteiger partial charge on any atom is 0.338 e. The fraction of sp³-hybridized carbons (Fsp3) is 0.391. The van der Waals surface area contributed by atoms with Crippen molar-refractivity contribution in [1.29, 1.82) is 0 Å². The van der Waals surface area contributed by atoms with Gasteiger partial charge in [-0.25, -0.2) is 9.59 Å². The van der Waals surface area contributed by atoms with Crippen molar-refractivity contribution in [2.45, 2.75) is 31.2 Å². The van der Waals surface area contributed by atoms with Gasteiger partial charge in [0.25, 0.3) is 0 Å². The summed E-state index contributed by atoms with van der Waals surface area (Å²) in [5, 5.41) is 0. The van der Waals surface area contributed by atoms with E-state index in [4.69, 9.17) is 23.7 Å². The van der Waals surface area contributed by atoms with Gasteiger partial charge in [-0.3, -0.25) is 0 Å². The van der Waals surface area contributed by atoms with Gasteiger partial charge < -0.3 is 23.7 Å². The van der Waals surface area contributed by atoms with Crippen LogP contribution in [0.1, 0.15) is 33.6 Å².